The molecule has 0 saturated carbocycles. The highest BCUT2D eigenvalue weighted by Crippen LogP contribution is 2.23. The molecule has 0 fully saturated rings. The number of pyridine rings is 1. The van der Waals surface area contributed by atoms with Gasteiger partial charge in [0.1, 0.15) is 12.1 Å². The first-order valence-electron chi connectivity index (χ1n) is 4.48. The number of halogens is 1. The van der Waals surface area contributed by atoms with Gasteiger partial charge in [0.15, 0.2) is 0 Å². The molecule has 0 aliphatic heterocycles. The fraction of sp³-hybridized carbons (Fsp3) is 0.0909. The van der Waals surface area contributed by atoms with Crippen LogP contribution in [0.2, 0.25) is 0 Å². The van der Waals surface area contributed by atoms with Crippen LogP contribution in [0.4, 0.5) is 10.1 Å². The molecule has 0 aliphatic rings. The van der Waals surface area contributed by atoms with Crippen molar-refractivity contribution in [3.05, 3.63) is 35.8 Å². The maximum Gasteiger partial charge on any atom is 0.124 e. The second-order valence-corrected chi connectivity index (χ2v) is 3.22. The van der Waals surface area contributed by atoms with Gasteiger partial charge in [0.05, 0.1) is 17.4 Å². The summed E-state index contributed by atoms with van der Waals surface area (Å²) in [6.45, 7) is 0. The van der Waals surface area contributed by atoms with Gasteiger partial charge < -0.3 is 10.5 Å². The van der Waals surface area contributed by atoms with Crippen molar-refractivity contribution in [2.24, 2.45) is 0 Å². The maximum atomic E-state index is 13.0. The van der Waals surface area contributed by atoms with Crippen LogP contribution >= 0.6 is 0 Å². The van der Waals surface area contributed by atoms with Crippen molar-refractivity contribution < 1.29 is 9.18 Å². The third-order valence-electron chi connectivity index (χ3n) is 2.26. The van der Waals surface area contributed by atoms with E-state index >= 15 is 0 Å². The van der Waals surface area contributed by atoms with Gasteiger partial charge in [0.25, 0.3) is 0 Å². The molecule has 2 aromatic rings. The fourth-order valence-electron chi connectivity index (χ4n) is 1.55. The first-order chi connectivity index (χ1) is 7.22. The zero-order valence-corrected chi connectivity index (χ0v) is 7.90. The van der Waals surface area contributed by atoms with E-state index in [2.05, 4.69) is 4.98 Å². The Balaban J connectivity index is 2.77. The van der Waals surface area contributed by atoms with E-state index in [-0.39, 0.29) is 12.2 Å². The molecule has 0 unspecified atom stereocenters. The molecular formula is C11H9FN2O. The van der Waals surface area contributed by atoms with Crippen LogP contribution in [0.1, 0.15) is 5.56 Å². The van der Waals surface area contributed by atoms with Gasteiger partial charge in [-0.3, -0.25) is 4.98 Å². The number of benzene rings is 1. The lowest BCUT2D eigenvalue weighted by Gasteiger charge is -2.06. The predicted octanol–water partition coefficient (Wildman–Crippen LogP) is 1.70. The van der Waals surface area contributed by atoms with Crippen molar-refractivity contribution >= 4 is 22.9 Å². The second kappa shape index (κ2) is 3.65. The Hall–Kier alpha value is -1.97. The van der Waals surface area contributed by atoms with E-state index in [0.717, 1.165) is 6.29 Å². The molecule has 4 heteroatoms. The number of nitrogens with two attached hydrogens (primary N) is 1. The maximum absolute atomic E-state index is 13.0. The Kier molecular flexibility index (Phi) is 2.33. The molecule has 76 valence electrons. The van der Waals surface area contributed by atoms with Crippen LogP contribution in [0, 0.1) is 5.82 Å². The number of hydrogen-bond acceptors (Lipinski definition) is 3. The Morgan fingerprint density at radius 2 is 2.27 bits per heavy atom. The molecule has 1 aromatic carbocycles. The molecule has 2 rings (SSSR count). The van der Waals surface area contributed by atoms with Crippen LogP contribution in [0.5, 0.6) is 0 Å². The standard InChI is InChI=1S/C11H9FN2O/c12-7-1-2-11-9(5-7)8(3-4-15)10(13)6-14-11/h1-2,4-6H,3,13H2. The van der Waals surface area contributed by atoms with E-state index in [9.17, 15) is 9.18 Å². The average molecular weight is 204 g/mol. The zero-order chi connectivity index (χ0) is 10.8. The van der Waals surface area contributed by atoms with Gasteiger partial charge in [0.2, 0.25) is 0 Å². The summed E-state index contributed by atoms with van der Waals surface area (Å²) in [5.74, 6) is -0.359. The highest BCUT2D eigenvalue weighted by atomic mass is 19.1. The Labute approximate surface area is 85.7 Å². The molecular weight excluding hydrogens is 195 g/mol. The van der Waals surface area contributed by atoms with Gasteiger partial charge in [-0.2, -0.15) is 0 Å². The molecule has 1 aromatic heterocycles. The average Bonchev–Trinajstić information content (AvgIpc) is 2.23. The SMILES string of the molecule is Nc1cnc2ccc(F)cc2c1CC=O. The summed E-state index contributed by atoms with van der Waals surface area (Å²) in [6, 6.07) is 4.24. The summed E-state index contributed by atoms with van der Waals surface area (Å²) in [5, 5.41) is 0.599. The van der Waals surface area contributed by atoms with Crippen LogP contribution in [0.3, 0.4) is 0 Å². The van der Waals surface area contributed by atoms with E-state index in [4.69, 9.17) is 5.73 Å². The summed E-state index contributed by atoms with van der Waals surface area (Å²) in [5.41, 5.74) is 7.37. The minimum Gasteiger partial charge on any atom is -0.397 e. The molecule has 15 heavy (non-hydrogen) atoms. The van der Waals surface area contributed by atoms with Gasteiger partial charge in [-0.15, -0.1) is 0 Å². The normalized spacial score (nSPS) is 10.5. The fourth-order valence-corrected chi connectivity index (χ4v) is 1.55. The lowest BCUT2D eigenvalue weighted by Crippen LogP contribution is -1.98. The zero-order valence-electron chi connectivity index (χ0n) is 7.90. The molecule has 0 amide bonds. The molecule has 3 nitrogen and oxygen atoms in total. The quantitative estimate of drug-likeness (QED) is 0.757. The van der Waals surface area contributed by atoms with Crippen molar-refractivity contribution in [1.29, 1.82) is 0 Å². The van der Waals surface area contributed by atoms with Crippen molar-refractivity contribution in [1.82, 2.24) is 4.98 Å². The van der Waals surface area contributed by atoms with Gasteiger partial charge >= 0.3 is 0 Å². The predicted molar refractivity (Wildman–Crippen MR) is 55.9 cm³/mol. The number of rotatable bonds is 2. The molecule has 1 heterocycles. The molecule has 2 N–H and O–H groups in total. The lowest BCUT2D eigenvalue weighted by molar-refractivity contribution is -0.107. The van der Waals surface area contributed by atoms with Gasteiger partial charge in [0, 0.05) is 11.8 Å². The van der Waals surface area contributed by atoms with Crippen molar-refractivity contribution in [3.63, 3.8) is 0 Å². The Morgan fingerprint density at radius 1 is 1.47 bits per heavy atom. The molecule has 0 spiro atoms. The van der Waals surface area contributed by atoms with Crippen LogP contribution in [-0.2, 0) is 11.2 Å². The lowest BCUT2D eigenvalue weighted by atomic mass is 10.1. The van der Waals surface area contributed by atoms with Crippen LogP contribution in [-0.4, -0.2) is 11.3 Å². The van der Waals surface area contributed by atoms with E-state index < -0.39 is 0 Å². The molecule has 0 radical (unpaired) electrons. The number of aromatic nitrogens is 1. The second-order valence-electron chi connectivity index (χ2n) is 3.22. The van der Waals surface area contributed by atoms with E-state index in [1.54, 1.807) is 6.07 Å². The summed E-state index contributed by atoms with van der Waals surface area (Å²) < 4.78 is 13.0. The van der Waals surface area contributed by atoms with Crippen LogP contribution in [0.15, 0.2) is 24.4 Å². The number of carbonyl (C=O) groups excluding carboxylic acids is 1. The topological polar surface area (TPSA) is 56.0 Å². The molecule has 0 aliphatic carbocycles. The van der Waals surface area contributed by atoms with Crippen LogP contribution in [0.25, 0.3) is 10.9 Å². The molecule has 0 saturated heterocycles. The smallest absolute Gasteiger partial charge is 0.124 e. The summed E-state index contributed by atoms with van der Waals surface area (Å²) >= 11 is 0. The van der Waals surface area contributed by atoms with E-state index in [1.807, 2.05) is 0 Å². The van der Waals surface area contributed by atoms with Gasteiger partial charge in [-0.05, 0) is 23.8 Å². The van der Waals surface area contributed by atoms with Crippen molar-refractivity contribution in [2.45, 2.75) is 6.42 Å². The van der Waals surface area contributed by atoms with Crippen molar-refractivity contribution in [2.75, 3.05) is 5.73 Å². The first-order valence-corrected chi connectivity index (χ1v) is 4.48. The summed E-state index contributed by atoms with van der Waals surface area (Å²) in [7, 11) is 0. The Morgan fingerprint density at radius 3 is 3.00 bits per heavy atom. The minimum atomic E-state index is -0.359. The number of aldehydes is 1. The molecule has 0 atom stereocenters. The Bertz CT molecular complexity index is 520. The van der Waals surface area contributed by atoms with E-state index in [1.165, 1.54) is 18.3 Å². The first kappa shape index (κ1) is 9.58. The summed E-state index contributed by atoms with van der Waals surface area (Å²) in [6.07, 6.45) is 2.41. The molecule has 0 bridgehead atoms. The van der Waals surface area contributed by atoms with E-state index in [0.29, 0.717) is 22.2 Å². The van der Waals surface area contributed by atoms with Gasteiger partial charge in [-0.25, -0.2) is 4.39 Å². The summed E-state index contributed by atoms with van der Waals surface area (Å²) in [4.78, 5) is 14.5. The number of nitrogens with zero attached hydrogens (tertiary/aromatic N) is 1. The third kappa shape index (κ3) is 1.66. The largest absolute Gasteiger partial charge is 0.397 e. The highest BCUT2D eigenvalue weighted by Gasteiger charge is 2.06. The monoisotopic (exact) mass is 204 g/mol. The number of nitrogen functional groups attached to an aromatic ring is 1. The third-order valence-corrected chi connectivity index (χ3v) is 2.26. The minimum absolute atomic E-state index is 0.175. The number of anilines is 1. The number of carbonyl (C=O) groups is 1. The van der Waals surface area contributed by atoms with Crippen LogP contribution < -0.4 is 5.73 Å². The number of hydrogen-bond donors (Lipinski definition) is 1. The van der Waals surface area contributed by atoms with Gasteiger partial charge in [-0.1, -0.05) is 0 Å². The highest BCUT2D eigenvalue weighted by molar-refractivity contribution is 5.88. The number of fused-ring (bicyclic) bond motifs is 1. The van der Waals surface area contributed by atoms with Crippen molar-refractivity contribution in [3.8, 4) is 0 Å².